The summed E-state index contributed by atoms with van der Waals surface area (Å²) >= 11 is 1.81. The zero-order valence-electron chi connectivity index (χ0n) is 16.1. The van der Waals surface area contributed by atoms with Gasteiger partial charge in [0.15, 0.2) is 5.96 Å². The van der Waals surface area contributed by atoms with Crippen molar-refractivity contribution in [2.75, 3.05) is 38.1 Å². The second-order valence-corrected chi connectivity index (χ2v) is 7.84. The summed E-state index contributed by atoms with van der Waals surface area (Å²) in [5.74, 6) is 1.54. The number of anilines is 1. The average molecular weight is 499 g/mol. The lowest BCUT2D eigenvalue weighted by atomic mass is 10.1. The van der Waals surface area contributed by atoms with Crippen LogP contribution in [-0.2, 0) is 12.8 Å². The standard InChI is InChI=1S/C20H29N5S.HI/c1-3-18-14-23-19(26-18)9-11-22-20(21-2)24-13-16-10-12-25(15-16)17-7-5-4-6-8-17;/h4-8,14,16H,3,9-13,15H2,1-2H3,(H2,21,22,24);1H. The number of benzene rings is 1. The van der Waals surface area contributed by atoms with E-state index >= 15 is 0 Å². The molecule has 7 heteroatoms. The maximum absolute atomic E-state index is 4.47. The highest BCUT2D eigenvalue weighted by molar-refractivity contribution is 14.0. The lowest BCUT2D eigenvalue weighted by Crippen LogP contribution is -2.41. The molecule has 1 atom stereocenters. The summed E-state index contributed by atoms with van der Waals surface area (Å²) in [4.78, 5) is 12.6. The van der Waals surface area contributed by atoms with Gasteiger partial charge < -0.3 is 15.5 Å². The third-order valence-electron chi connectivity index (χ3n) is 4.77. The maximum atomic E-state index is 4.47. The van der Waals surface area contributed by atoms with Crippen molar-refractivity contribution >= 4 is 47.0 Å². The molecule has 1 aliphatic heterocycles. The normalized spacial score (nSPS) is 16.9. The van der Waals surface area contributed by atoms with Gasteiger partial charge in [-0.3, -0.25) is 4.99 Å². The monoisotopic (exact) mass is 499 g/mol. The van der Waals surface area contributed by atoms with Crippen LogP contribution in [0.4, 0.5) is 5.69 Å². The molecule has 1 aromatic carbocycles. The maximum Gasteiger partial charge on any atom is 0.191 e. The van der Waals surface area contributed by atoms with Gasteiger partial charge in [-0.15, -0.1) is 35.3 Å². The molecule has 1 fully saturated rings. The minimum Gasteiger partial charge on any atom is -0.371 e. The highest BCUT2D eigenvalue weighted by Crippen LogP contribution is 2.22. The predicted molar refractivity (Wildman–Crippen MR) is 127 cm³/mol. The molecule has 2 aromatic rings. The zero-order valence-corrected chi connectivity index (χ0v) is 19.3. The molecule has 2 N–H and O–H groups in total. The van der Waals surface area contributed by atoms with E-state index < -0.39 is 0 Å². The number of nitrogens with zero attached hydrogens (tertiary/aromatic N) is 3. The van der Waals surface area contributed by atoms with Crippen LogP contribution in [0.15, 0.2) is 41.5 Å². The number of aromatic nitrogens is 1. The van der Waals surface area contributed by atoms with Crippen LogP contribution in [0.1, 0.15) is 23.2 Å². The van der Waals surface area contributed by atoms with Crippen molar-refractivity contribution in [2.24, 2.45) is 10.9 Å². The first-order valence-electron chi connectivity index (χ1n) is 9.46. The molecule has 0 bridgehead atoms. The topological polar surface area (TPSA) is 52.6 Å². The lowest BCUT2D eigenvalue weighted by Gasteiger charge is -2.19. The largest absolute Gasteiger partial charge is 0.371 e. The van der Waals surface area contributed by atoms with Crippen LogP contribution in [0.3, 0.4) is 0 Å². The number of hydrogen-bond donors (Lipinski definition) is 2. The fraction of sp³-hybridized carbons (Fsp3) is 0.500. The van der Waals surface area contributed by atoms with E-state index in [2.05, 4.69) is 62.8 Å². The Morgan fingerprint density at radius 3 is 2.81 bits per heavy atom. The number of rotatable bonds is 7. The molecule has 0 radical (unpaired) electrons. The van der Waals surface area contributed by atoms with E-state index in [4.69, 9.17) is 0 Å². The van der Waals surface area contributed by atoms with Crippen molar-refractivity contribution in [1.29, 1.82) is 0 Å². The molecule has 148 valence electrons. The third-order valence-corrected chi connectivity index (χ3v) is 5.97. The SMILES string of the molecule is CCc1cnc(CCNC(=NC)NCC2CCN(c3ccccc3)C2)s1.I. The van der Waals surface area contributed by atoms with Gasteiger partial charge in [0.2, 0.25) is 0 Å². The number of aryl methyl sites for hydroxylation is 1. The van der Waals surface area contributed by atoms with Crippen molar-refractivity contribution < 1.29 is 0 Å². The second-order valence-electron chi connectivity index (χ2n) is 6.64. The molecule has 27 heavy (non-hydrogen) atoms. The van der Waals surface area contributed by atoms with Gasteiger partial charge in [-0.1, -0.05) is 25.1 Å². The Hall–Kier alpha value is -1.35. The summed E-state index contributed by atoms with van der Waals surface area (Å²) in [5.41, 5.74) is 1.33. The molecule has 1 aromatic heterocycles. The number of guanidine groups is 1. The van der Waals surface area contributed by atoms with E-state index in [1.54, 1.807) is 0 Å². The van der Waals surface area contributed by atoms with Crippen molar-refractivity contribution in [3.05, 3.63) is 46.4 Å². The number of aliphatic imine (C=N–C) groups is 1. The molecule has 3 rings (SSSR count). The van der Waals surface area contributed by atoms with Gasteiger partial charge >= 0.3 is 0 Å². The number of para-hydroxylation sites is 1. The van der Waals surface area contributed by atoms with Gasteiger partial charge in [-0.2, -0.15) is 0 Å². The molecule has 0 saturated carbocycles. The van der Waals surface area contributed by atoms with Gasteiger partial charge in [0.05, 0.1) is 5.01 Å². The molecule has 0 spiro atoms. The Bertz CT molecular complexity index is 703. The molecule has 2 heterocycles. The first-order chi connectivity index (χ1) is 12.8. The number of hydrogen-bond acceptors (Lipinski definition) is 4. The van der Waals surface area contributed by atoms with Crippen molar-refractivity contribution in [3.63, 3.8) is 0 Å². The summed E-state index contributed by atoms with van der Waals surface area (Å²) < 4.78 is 0. The molecule has 1 aliphatic rings. The minimum atomic E-state index is 0. The van der Waals surface area contributed by atoms with E-state index in [1.807, 2.05) is 24.6 Å². The summed E-state index contributed by atoms with van der Waals surface area (Å²) in [6.45, 7) is 6.22. The van der Waals surface area contributed by atoms with Crippen molar-refractivity contribution in [2.45, 2.75) is 26.2 Å². The summed E-state index contributed by atoms with van der Waals surface area (Å²) in [7, 11) is 1.83. The summed E-state index contributed by atoms with van der Waals surface area (Å²) in [6, 6.07) is 10.7. The van der Waals surface area contributed by atoms with E-state index in [0.29, 0.717) is 5.92 Å². The van der Waals surface area contributed by atoms with E-state index in [1.165, 1.54) is 22.0 Å². The summed E-state index contributed by atoms with van der Waals surface area (Å²) in [5, 5.41) is 8.08. The number of nitrogens with one attached hydrogen (secondary N) is 2. The van der Waals surface area contributed by atoms with Gasteiger partial charge in [-0.25, -0.2) is 4.98 Å². The van der Waals surface area contributed by atoms with Crippen LogP contribution >= 0.6 is 35.3 Å². The van der Waals surface area contributed by atoms with Crippen LogP contribution in [0.5, 0.6) is 0 Å². The number of thiazole rings is 1. The lowest BCUT2D eigenvalue weighted by molar-refractivity contribution is 0.566. The second kappa shape index (κ2) is 11.5. The molecular formula is C20H30IN5S. The molecular weight excluding hydrogens is 469 g/mol. The molecule has 1 unspecified atom stereocenters. The first-order valence-corrected chi connectivity index (χ1v) is 10.3. The van der Waals surface area contributed by atoms with Crippen LogP contribution in [0.2, 0.25) is 0 Å². The Labute approximate surface area is 183 Å². The van der Waals surface area contributed by atoms with E-state index in [-0.39, 0.29) is 24.0 Å². The van der Waals surface area contributed by atoms with Gasteiger partial charge in [0.25, 0.3) is 0 Å². The molecule has 5 nitrogen and oxygen atoms in total. The fourth-order valence-electron chi connectivity index (χ4n) is 3.25. The Morgan fingerprint density at radius 2 is 2.11 bits per heavy atom. The van der Waals surface area contributed by atoms with Crippen LogP contribution in [-0.4, -0.2) is 44.2 Å². The van der Waals surface area contributed by atoms with Gasteiger partial charge in [0.1, 0.15) is 0 Å². The van der Waals surface area contributed by atoms with Crippen molar-refractivity contribution in [1.82, 2.24) is 15.6 Å². The quantitative estimate of drug-likeness (QED) is 0.348. The molecule has 1 saturated heterocycles. The minimum absolute atomic E-state index is 0. The Kier molecular flexibility index (Phi) is 9.33. The predicted octanol–water partition coefficient (Wildman–Crippen LogP) is 3.56. The smallest absolute Gasteiger partial charge is 0.191 e. The van der Waals surface area contributed by atoms with E-state index in [0.717, 1.165) is 45.0 Å². The van der Waals surface area contributed by atoms with Gasteiger partial charge in [0, 0.05) is 56.4 Å². The molecule has 0 amide bonds. The highest BCUT2D eigenvalue weighted by atomic mass is 127. The first kappa shape index (κ1) is 21.9. The van der Waals surface area contributed by atoms with Crippen LogP contribution < -0.4 is 15.5 Å². The molecule has 0 aliphatic carbocycles. The van der Waals surface area contributed by atoms with Gasteiger partial charge in [-0.05, 0) is 30.9 Å². The van der Waals surface area contributed by atoms with Crippen LogP contribution in [0.25, 0.3) is 0 Å². The third kappa shape index (κ3) is 6.64. The highest BCUT2D eigenvalue weighted by Gasteiger charge is 2.22. The van der Waals surface area contributed by atoms with E-state index in [9.17, 15) is 0 Å². The van der Waals surface area contributed by atoms with Crippen molar-refractivity contribution in [3.8, 4) is 0 Å². The average Bonchev–Trinajstić information content (AvgIpc) is 3.34. The summed E-state index contributed by atoms with van der Waals surface area (Å²) in [6.07, 6.45) is 5.22. The fourth-order valence-corrected chi connectivity index (χ4v) is 4.11. The Morgan fingerprint density at radius 1 is 1.30 bits per heavy atom. The Balaban J connectivity index is 0.00000261. The van der Waals surface area contributed by atoms with Crippen LogP contribution in [0, 0.1) is 5.92 Å². The number of halogens is 1. The zero-order chi connectivity index (χ0) is 18.2.